The highest BCUT2D eigenvalue weighted by Crippen LogP contribution is 2.38. The second kappa shape index (κ2) is 30.9. The summed E-state index contributed by atoms with van der Waals surface area (Å²) in [5, 5.41) is 23.8. The molecule has 0 aromatic heterocycles. The second-order valence-electron chi connectivity index (χ2n) is 22.7. The van der Waals surface area contributed by atoms with Crippen molar-refractivity contribution in [2.75, 3.05) is 34.0 Å². The van der Waals surface area contributed by atoms with E-state index in [1.165, 1.54) is 12.0 Å². The number of methoxy groups -OCH3 is 2. The van der Waals surface area contributed by atoms with E-state index in [1.54, 1.807) is 34.0 Å². The van der Waals surface area contributed by atoms with E-state index >= 15 is 0 Å². The van der Waals surface area contributed by atoms with Crippen LogP contribution in [0.5, 0.6) is 0 Å². The maximum Gasteiger partial charge on any atom is 0.329 e. The molecule has 3 fully saturated rings. The van der Waals surface area contributed by atoms with Crippen LogP contribution < -0.4 is 0 Å². The lowest BCUT2D eigenvalue weighted by atomic mass is 9.78. The van der Waals surface area contributed by atoms with Gasteiger partial charge in [-0.2, -0.15) is 0 Å². The zero-order valence-electron chi connectivity index (χ0n) is 47.5. The standard InChI is InChI=1S/C62H93NO13/c1-11-12-32-73-52-29-27-48(37-55(52)71-9)36-43(5)54-39-51(64)42(4)35-45(7)57(66)58(72-10)56(65)44(6)34-40(2)21-15-13-16-22-41(3)53(74-33-30-47-23-17-14-18-24-47)38-49-28-26-46(8)62(70,76-49)59(67)60(68)63-31-20-19-25-50(63)61(69)75-54/h13-18,21-24,35,40,42-44,46,48-50,52-55,57-58,66,70H,11-12,19-20,25-34,36-39H2,1-10H3/b16-13+,21-15+,41-22+,45-35+/t40-,42-,43-,44-,46-,48+,49+,50?,52-,53?,54+,55-,57-,58+,62-/m1/s1. The lowest BCUT2D eigenvalue weighted by molar-refractivity contribution is -0.266. The van der Waals surface area contributed by atoms with Crippen LogP contribution in [-0.2, 0) is 58.8 Å². The van der Waals surface area contributed by atoms with Crippen molar-refractivity contribution < 1.29 is 62.6 Å². The van der Waals surface area contributed by atoms with Crippen LogP contribution in [0.25, 0.3) is 0 Å². The Hall–Kier alpha value is -4.15. The van der Waals surface area contributed by atoms with Gasteiger partial charge in [-0.1, -0.05) is 115 Å². The summed E-state index contributed by atoms with van der Waals surface area (Å²) in [6.45, 7) is 16.2. The molecule has 2 N–H and O–H groups in total. The van der Waals surface area contributed by atoms with Crippen LogP contribution in [-0.4, -0.2) is 133 Å². The molecular formula is C62H93NO13. The van der Waals surface area contributed by atoms with Gasteiger partial charge in [0, 0.05) is 58.0 Å². The number of hydrogen-bond acceptors (Lipinski definition) is 13. The average Bonchev–Trinajstić information content (AvgIpc) is 3.41. The molecule has 1 aliphatic carbocycles. The average molecular weight is 1060 g/mol. The van der Waals surface area contributed by atoms with Gasteiger partial charge in [0.25, 0.3) is 11.7 Å². The number of allylic oxidation sites excluding steroid dienone is 6. The number of carbonyl (C=O) groups excluding carboxylic acids is 5. The van der Waals surface area contributed by atoms with Gasteiger partial charge in [-0.05, 0) is 125 Å². The first-order chi connectivity index (χ1) is 36.3. The van der Waals surface area contributed by atoms with E-state index < -0.39 is 77.8 Å². The predicted molar refractivity (Wildman–Crippen MR) is 293 cm³/mol. The Morgan fingerprint density at radius 2 is 1.58 bits per heavy atom. The highest BCUT2D eigenvalue weighted by atomic mass is 16.6. The molecular weight excluding hydrogens is 967 g/mol. The lowest BCUT2D eigenvalue weighted by Gasteiger charge is -2.43. The van der Waals surface area contributed by atoms with Crippen LogP contribution in [0.15, 0.2) is 77.9 Å². The number of piperidine rings is 1. The minimum atomic E-state index is -2.45. The first kappa shape index (κ1) is 62.7. The van der Waals surface area contributed by atoms with Crippen molar-refractivity contribution in [3.05, 3.63) is 83.5 Å². The molecule has 1 amide bonds. The molecule has 1 aromatic carbocycles. The third kappa shape index (κ3) is 17.7. The van der Waals surface area contributed by atoms with E-state index in [2.05, 4.69) is 6.92 Å². The van der Waals surface area contributed by atoms with E-state index in [1.807, 2.05) is 88.4 Å². The Bertz CT molecular complexity index is 2150. The van der Waals surface area contributed by atoms with E-state index in [-0.39, 0.29) is 60.9 Å². The number of ether oxygens (including phenoxy) is 6. The summed E-state index contributed by atoms with van der Waals surface area (Å²) in [6.07, 6.45) is 15.4. The Morgan fingerprint density at radius 1 is 0.829 bits per heavy atom. The summed E-state index contributed by atoms with van der Waals surface area (Å²) in [4.78, 5) is 73.2. The lowest BCUT2D eigenvalue weighted by Crippen LogP contribution is -2.61. The summed E-state index contributed by atoms with van der Waals surface area (Å²) in [5.74, 6) is -7.82. The van der Waals surface area contributed by atoms with Gasteiger partial charge in [-0.15, -0.1) is 0 Å². The van der Waals surface area contributed by atoms with Crippen LogP contribution in [0.3, 0.4) is 0 Å². The number of cyclic esters (lactones) is 1. The Balaban J connectivity index is 1.47. The number of ketones is 3. The molecule has 2 saturated heterocycles. The molecule has 4 aliphatic rings. The molecule has 76 heavy (non-hydrogen) atoms. The highest BCUT2D eigenvalue weighted by molar-refractivity contribution is 6.39. The number of hydrogen-bond donors (Lipinski definition) is 2. The fraction of sp³-hybridized carbons (Fsp3) is 0.694. The number of unbranched alkanes of at least 4 members (excludes halogenated alkanes) is 1. The van der Waals surface area contributed by atoms with Crippen LogP contribution in [0.2, 0.25) is 0 Å². The second-order valence-corrected chi connectivity index (χ2v) is 22.7. The predicted octanol–water partition coefficient (Wildman–Crippen LogP) is 9.62. The molecule has 3 heterocycles. The zero-order chi connectivity index (χ0) is 55.5. The van der Waals surface area contributed by atoms with Crippen LogP contribution in [0, 0.1) is 35.5 Å². The molecule has 2 unspecified atom stereocenters. The molecule has 2 bridgehead atoms. The van der Waals surface area contributed by atoms with Crippen molar-refractivity contribution in [1.29, 1.82) is 0 Å². The summed E-state index contributed by atoms with van der Waals surface area (Å²) >= 11 is 0. The third-order valence-corrected chi connectivity index (χ3v) is 16.6. The minimum Gasteiger partial charge on any atom is -0.460 e. The van der Waals surface area contributed by atoms with Crippen LogP contribution in [0.4, 0.5) is 0 Å². The number of Topliss-reactive ketones (excluding diaryl/α,β-unsaturated/α-hetero) is 3. The van der Waals surface area contributed by atoms with Crippen molar-refractivity contribution in [2.24, 2.45) is 35.5 Å². The summed E-state index contributed by atoms with van der Waals surface area (Å²) in [5.41, 5.74) is 2.42. The van der Waals surface area contributed by atoms with Gasteiger partial charge < -0.3 is 43.5 Å². The quantitative estimate of drug-likeness (QED) is 0.0825. The fourth-order valence-corrected chi connectivity index (χ4v) is 11.6. The van der Waals surface area contributed by atoms with Gasteiger partial charge >= 0.3 is 5.97 Å². The maximum atomic E-state index is 14.6. The molecule has 424 valence electrons. The Kier molecular flexibility index (Phi) is 25.4. The first-order valence-electron chi connectivity index (χ1n) is 28.5. The van der Waals surface area contributed by atoms with Gasteiger partial charge in [-0.25, -0.2) is 4.79 Å². The van der Waals surface area contributed by atoms with E-state index in [0.29, 0.717) is 70.2 Å². The van der Waals surface area contributed by atoms with Crippen LogP contribution in [0.1, 0.15) is 151 Å². The maximum absolute atomic E-state index is 14.6. The van der Waals surface area contributed by atoms with Crippen molar-refractivity contribution >= 4 is 29.2 Å². The normalized spacial score (nSPS) is 36.2. The van der Waals surface area contributed by atoms with Gasteiger partial charge in [0.15, 0.2) is 5.78 Å². The number of fused-ring (bicyclic) bond motifs is 3. The van der Waals surface area contributed by atoms with Crippen LogP contribution >= 0.6 is 0 Å². The fourth-order valence-electron chi connectivity index (χ4n) is 11.6. The molecule has 5 rings (SSSR count). The Morgan fingerprint density at radius 3 is 2.29 bits per heavy atom. The molecule has 3 aliphatic heterocycles. The van der Waals surface area contributed by atoms with Gasteiger partial charge in [-0.3, -0.25) is 19.2 Å². The third-order valence-electron chi connectivity index (χ3n) is 16.6. The molecule has 0 spiro atoms. The van der Waals surface area contributed by atoms with Crippen molar-refractivity contribution in [3.63, 3.8) is 0 Å². The number of amides is 1. The molecule has 14 nitrogen and oxygen atoms in total. The number of carbonyl (C=O) groups is 5. The minimum absolute atomic E-state index is 0.00749. The highest BCUT2D eigenvalue weighted by Gasteiger charge is 2.53. The number of rotatable bonds is 13. The monoisotopic (exact) mass is 1060 g/mol. The SMILES string of the molecule is CCCCO[C@@H]1CC[C@@H](C[C@@H](C)[C@@H]2CC(=O)[C@H](C)/C=C(\C)[C@@H](O)[C@@H](OC)C(=O)[C@H](C)C[C@H](C)/C=C/C=C/C=C(\C)C(OCCc3ccccc3)C[C@@H]3CC[C@@H](C)[C@@](O)(O3)C(=O)C(=O)N3CCCCC3C(=O)O2)C[C@H]1OC. The molecule has 15 atom stereocenters. The molecule has 1 saturated carbocycles. The van der Waals surface area contributed by atoms with Crippen molar-refractivity contribution in [1.82, 2.24) is 4.90 Å². The zero-order valence-corrected chi connectivity index (χ0v) is 47.5. The molecule has 14 heteroatoms. The summed E-state index contributed by atoms with van der Waals surface area (Å²) < 4.78 is 37.1. The van der Waals surface area contributed by atoms with E-state index in [4.69, 9.17) is 28.4 Å². The first-order valence-corrected chi connectivity index (χ1v) is 28.5. The molecule has 1 aromatic rings. The topological polar surface area (TPSA) is 184 Å². The number of esters is 1. The van der Waals surface area contributed by atoms with Gasteiger partial charge in [0.2, 0.25) is 5.79 Å². The van der Waals surface area contributed by atoms with Gasteiger partial charge in [0.1, 0.15) is 30.1 Å². The van der Waals surface area contributed by atoms with E-state index in [9.17, 15) is 34.2 Å². The van der Waals surface area contributed by atoms with Crippen molar-refractivity contribution in [2.45, 2.75) is 206 Å². The number of aliphatic hydroxyl groups excluding tert-OH is 1. The van der Waals surface area contributed by atoms with E-state index in [0.717, 1.165) is 43.2 Å². The number of benzene rings is 1. The Labute approximate surface area is 454 Å². The number of aliphatic hydroxyl groups is 2. The van der Waals surface area contributed by atoms with Crippen molar-refractivity contribution in [3.8, 4) is 0 Å². The molecule has 0 radical (unpaired) electrons. The summed E-state index contributed by atoms with van der Waals surface area (Å²) in [6, 6.07) is 8.88. The summed E-state index contributed by atoms with van der Waals surface area (Å²) in [7, 11) is 3.10. The smallest absolute Gasteiger partial charge is 0.329 e. The largest absolute Gasteiger partial charge is 0.460 e. The number of nitrogens with zero attached hydrogens (tertiary/aromatic N) is 1. The van der Waals surface area contributed by atoms with Gasteiger partial charge in [0.05, 0.1) is 31.0 Å².